The molecule has 22 heavy (non-hydrogen) atoms. The predicted octanol–water partition coefficient (Wildman–Crippen LogP) is 2.30. The standard InChI is InChI=1S/C16H17NO5/c1-9-8-10(15(19)20)6-7-13(9)17-14(18)11-4-2-3-5-12(11)16(21)22/h2-3,6-8,11-12H,4-5H2,1H3,(H,17,18)(H,19,20)(H,21,22)/t11-,12+/m1/s1. The van der Waals surface area contributed by atoms with Gasteiger partial charge >= 0.3 is 11.9 Å². The SMILES string of the molecule is Cc1cc(C(=O)O)ccc1NC(=O)[C@@H]1CC=CC[C@@H]1C(=O)O. The Kier molecular flexibility index (Phi) is 4.60. The Morgan fingerprint density at radius 3 is 2.27 bits per heavy atom. The molecular formula is C16H17NO5. The van der Waals surface area contributed by atoms with E-state index in [9.17, 15) is 19.5 Å². The second-order valence-corrected chi connectivity index (χ2v) is 5.32. The lowest BCUT2D eigenvalue weighted by Gasteiger charge is -2.24. The Bertz CT molecular complexity index is 650. The summed E-state index contributed by atoms with van der Waals surface area (Å²) in [5.41, 5.74) is 1.25. The summed E-state index contributed by atoms with van der Waals surface area (Å²) >= 11 is 0. The van der Waals surface area contributed by atoms with E-state index < -0.39 is 23.8 Å². The molecule has 2 atom stereocenters. The van der Waals surface area contributed by atoms with Crippen LogP contribution in [0.2, 0.25) is 0 Å². The number of hydrogen-bond acceptors (Lipinski definition) is 3. The zero-order valence-corrected chi connectivity index (χ0v) is 12.1. The molecule has 1 aromatic rings. The van der Waals surface area contributed by atoms with Crippen molar-refractivity contribution >= 4 is 23.5 Å². The number of carbonyl (C=O) groups excluding carboxylic acids is 1. The van der Waals surface area contributed by atoms with Crippen molar-refractivity contribution in [1.82, 2.24) is 0 Å². The quantitative estimate of drug-likeness (QED) is 0.740. The summed E-state index contributed by atoms with van der Waals surface area (Å²) in [6.07, 6.45) is 4.30. The van der Waals surface area contributed by atoms with Gasteiger partial charge in [-0.1, -0.05) is 12.2 Å². The fourth-order valence-electron chi connectivity index (χ4n) is 2.54. The molecule has 0 spiro atoms. The van der Waals surface area contributed by atoms with Crippen LogP contribution >= 0.6 is 0 Å². The van der Waals surface area contributed by atoms with Crippen LogP contribution in [0.25, 0.3) is 0 Å². The molecule has 116 valence electrons. The van der Waals surface area contributed by atoms with Crippen molar-refractivity contribution in [3.05, 3.63) is 41.5 Å². The molecule has 3 N–H and O–H groups in total. The van der Waals surface area contributed by atoms with Crippen molar-refractivity contribution in [1.29, 1.82) is 0 Å². The Labute approximate surface area is 127 Å². The van der Waals surface area contributed by atoms with Gasteiger partial charge in [0.15, 0.2) is 0 Å². The molecule has 0 saturated carbocycles. The molecule has 0 aliphatic heterocycles. The third kappa shape index (κ3) is 3.33. The van der Waals surface area contributed by atoms with Crippen LogP contribution in [0.15, 0.2) is 30.4 Å². The van der Waals surface area contributed by atoms with Crippen molar-refractivity contribution in [3.8, 4) is 0 Å². The van der Waals surface area contributed by atoms with Crippen LogP contribution in [0.4, 0.5) is 5.69 Å². The van der Waals surface area contributed by atoms with E-state index in [1.165, 1.54) is 18.2 Å². The first-order valence-corrected chi connectivity index (χ1v) is 6.92. The number of aryl methyl sites for hydroxylation is 1. The third-order valence-electron chi connectivity index (χ3n) is 3.82. The molecule has 0 heterocycles. The zero-order valence-electron chi connectivity index (χ0n) is 12.1. The molecular weight excluding hydrogens is 286 g/mol. The number of aromatic carboxylic acids is 1. The van der Waals surface area contributed by atoms with Gasteiger partial charge in [-0.15, -0.1) is 0 Å². The number of anilines is 1. The summed E-state index contributed by atoms with van der Waals surface area (Å²) in [6.45, 7) is 1.69. The number of rotatable bonds is 4. The molecule has 1 aliphatic carbocycles. The first-order chi connectivity index (χ1) is 10.4. The molecule has 6 heteroatoms. The number of allylic oxidation sites excluding steroid dienone is 2. The largest absolute Gasteiger partial charge is 0.481 e. The summed E-state index contributed by atoms with van der Waals surface area (Å²) < 4.78 is 0. The molecule has 6 nitrogen and oxygen atoms in total. The van der Waals surface area contributed by atoms with Crippen LogP contribution in [-0.4, -0.2) is 28.1 Å². The molecule has 0 radical (unpaired) electrons. The average molecular weight is 303 g/mol. The highest BCUT2D eigenvalue weighted by molar-refractivity contribution is 5.97. The van der Waals surface area contributed by atoms with E-state index in [4.69, 9.17) is 5.11 Å². The molecule has 1 aromatic carbocycles. The summed E-state index contributed by atoms with van der Waals surface area (Å²) in [5.74, 6) is -3.74. The Hall–Kier alpha value is -2.63. The second kappa shape index (κ2) is 6.43. The van der Waals surface area contributed by atoms with Crippen LogP contribution in [0.3, 0.4) is 0 Å². The summed E-state index contributed by atoms with van der Waals surface area (Å²) in [4.78, 5) is 34.4. The van der Waals surface area contributed by atoms with Crippen LogP contribution in [0.1, 0.15) is 28.8 Å². The van der Waals surface area contributed by atoms with Crippen molar-refractivity contribution in [2.75, 3.05) is 5.32 Å². The van der Waals surface area contributed by atoms with Gasteiger partial charge in [0, 0.05) is 5.69 Å². The number of carboxylic acid groups (broad SMARTS) is 2. The lowest BCUT2D eigenvalue weighted by molar-refractivity contribution is -0.146. The number of amides is 1. The van der Waals surface area contributed by atoms with Gasteiger partial charge < -0.3 is 15.5 Å². The number of benzene rings is 1. The van der Waals surface area contributed by atoms with E-state index in [0.29, 0.717) is 24.1 Å². The normalized spacial score (nSPS) is 20.4. The van der Waals surface area contributed by atoms with Gasteiger partial charge in [0.1, 0.15) is 0 Å². The molecule has 0 bridgehead atoms. The van der Waals surface area contributed by atoms with E-state index in [1.807, 2.05) is 6.08 Å². The van der Waals surface area contributed by atoms with Gasteiger partial charge in [-0.05, 0) is 43.5 Å². The number of hydrogen-bond donors (Lipinski definition) is 3. The topological polar surface area (TPSA) is 104 Å². The van der Waals surface area contributed by atoms with E-state index in [1.54, 1.807) is 13.0 Å². The number of nitrogens with one attached hydrogen (secondary N) is 1. The van der Waals surface area contributed by atoms with Crippen molar-refractivity contribution in [3.63, 3.8) is 0 Å². The number of carboxylic acids is 2. The molecule has 2 rings (SSSR count). The smallest absolute Gasteiger partial charge is 0.335 e. The predicted molar refractivity (Wildman–Crippen MR) is 79.8 cm³/mol. The maximum atomic E-state index is 12.3. The Morgan fingerprint density at radius 1 is 1.09 bits per heavy atom. The lowest BCUT2D eigenvalue weighted by Crippen LogP contribution is -2.34. The van der Waals surface area contributed by atoms with Crippen molar-refractivity contribution in [2.45, 2.75) is 19.8 Å². The van der Waals surface area contributed by atoms with Crippen molar-refractivity contribution in [2.24, 2.45) is 11.8 Å². The summed E-state index contributed by atoms with van der Waals surface area (Å²) in [7, 11) is 0. The minimum Gasteiger partial charge on any atom is -0.481 e. The summed E-state index contributed by atoms with van der Waals surface area (Å²) in [6, 6.07) is 4.39. The number of carbonyl (C=O) groups is 3. The lowest BCUT2D eigenvalue weighted by atomic mass is 9.82. The molecule has 0 fully saturated rings. The van der Waals surface area contributed by atoms with Gasteiger partial charge in [-0.2, -0.15) is 0 Å². The van der Waals surface area contributed by atoms with Crippen LogP contribution < -0.4 is 5.32 Å². The molecule has 1 aliphatic rings. The third-order valence-corrected chi connectivity index (χ3v) is 3.82. The zero-order chi connectivity index (χ0) is 16.3. The van der Waals surface area contributed by atoms with Crippen LogP contribution in [-0.2, 0) is 9.59 Å². The number of aliphatic carboxylic acids is 1. The highest BCUT2D eigenvalue weighted by atomic mass is 16.4. The first-order valence-electron chi connectivity index (χ1n) is 6.92. The van der Waals surface area contributed by atoms with E-state index in [-0.39, 0.29) is 11.5 Å². The monoisotopic (exact) mass is 303 g/mol. The van der Waals surface area contributed by atoms with Crippen LogP contribution in [0.5, 0.6) is 0 Å². The molecule has 1 amide bonds. The van der Waals surface area contributed by atoms with Gasteiger partial charge in [-0.25, -0.2) is 4.79 Å². The Morgan fingerprint density at radius 2 is 1.73 bits per heavy atom. The highest BCUT2D eigenvalue weighted by Crippen LogP contribution is 2.28. The average Bonchev–Trinajstić information content (AvgIpc) is 2.48. The van der Waals surface area contributed by atoms with Gasteiger partial charge in [0.25, 0.3) is 0 Å². The van der Waals surface area contributed by atoms with Gasteiger partial charge in [0.2, 0.25) is 5.91 Å². The minimum atomic E-state index is -1.04. The maximum absolute atomic E-state index is 12.3. The van der Waals surface area contributed by atoms with Gasteiger partial charge in [-0.3, -0.25) is 9.59 Å². The second-order valence-electron chi connectivity index (χ2n) is 5.32. The maximum Gasteiger partial charge on any atom is 0.335 e. The highest BCUT2D eigenvalue weighted by Gasteiger charge is 2.34. The van der Waals surface area contributed by atoms with E-state index in [0.717, 1.165) is 0 Å². The first kappa shape index (κ1) is 15.8. The van der Waals surface area contributed by atoms with E-state index in [2.05, 4.69) is 5.32 Å². The Balaban J connectivity index is 2.16. The molecule has 0 unspecified atom stereocenters. The molecule has 0 saturated heterocycles. The minimum absolute atomic E-state index is 0.138. The van der Waals surface area contributed by atoms with Crippen LogP contribution in [0, 0.1) is 18.8 Å². The van der Waals surface area contributed by atoms with Crippen molar-refractivity contribution < 1.29 is 24.6 Å². The fourth-order valence-corrected chi connectivity index (χ4v) is 2.54. The summed E-state index contributed by atoms with van der Waals surface area (Å²) in [5, 5.41) is 20.8. The fraction of sp³-hybridized carbons (Fsp3) is 0.312. The molecule has 0 aromatic heterocycles. The van der Waals surface area contributed by atoms with E-state index >= 15 is 0 Å². The van der Waals surface area contributed by atoms with Gasteiger partial charge in [0.05, 0.1) is 17.4 Å².